The second-order valence-electron chi connectivity index (χ2n) is 5.66. The molecule has 126 valence electrons. The molecule has 0 spiro atoms. The average molecular weight is 333 g/mol. The Labute approximate surface area is 146 Å². The van der Waals surface area contributed by atoms with Crippen LogP contribution in [-0.2, 0) is 6.61 Å². The Hall–Kier alpha value is -3.27. The predicted octanol–water partition coefficient (Wildman–Crippen LogP) is 4.84. The van der Waals surface area contributed by atoms with Gasteiger partial charge in [0.1, 0.15) is 23.9 Å². The summed E-state index contributed by atoms with van der Waals surface area (Å²) in [7, 11) is 0. The van der Waals surface area contributed by atoms with Crippen molar-refractivity contribution in [2.75, 3.05) is 5.73 Å². The number of hydrogen-bond acceptors (Lipinski definition) is 4. The molecule has 0 saturated heterocycles. The first kappa shape index (κ1) is 16.6. The molecule has 0 atom stereocenters. The lowest BCUT2D eigenvalue weighted by Gasteiger charge is -2.11. The molecule has 2 N–H and O–H groups in total. The topological polar surface area (TPSA) is 61.5 Å². The zero-order chi connectivity index (χ0) is 17.6. The van der Waals surface area contributed by atoms with Crippen molar-refractivity contribution in [1.29, 1.82) is 0 Å². The van der Waals surface area contributed by atoms with E-state index in [1.165, 1.54) is 6.92 Å². The first-order valence-electron chi connectivity index (χ1n) is 7.97. The van der Waals surface area contributed by atoms with Crippen molar-refractivity contribution in [3.05, 3.63) is 83.9 Å². The molecule has 0 heterocycles. The average Bonchev–Trinajstić information content (AvgIpc) is 2.63. The monoisotopic (exact) mass is 333 g/mol. The second-order valence-corrected chi connectivity index (χ2v) is 5.66. The minimum Gasteiger partial charge on any atom is -0.489 e. The fourth-order valence-electron chi connectivity index (χ4n) is 2.33. The normalized spacial score (nSPS) is 10.3. The summed E-state index contributed by atoms with van der Waals surface area (Å²) < 4.78 is 11.5. The van der Waals surface area contributed by atoms with E-state index in [9.17, 15) is 4.79 Å². The molecule has 0 saturated carbocycles. The van der Waals surface area contributed by atoms with Crippen LogP contribution >= 0.6 is 0 Å². The molecule has 0 radical (unpaired) electrons. The summed E-state index contributed by atoms with van der Waals surface area (Å²) in [5.41, 5.74) is 8.05. The highest BCUT2D eigenvalue weighted by Gasteiger charge is 2.06. The maximum atomic E-state index is 11.4. The van der Waals surface area contributed by atoms with E-state index in [1.807, 2.05) is 54.6 Å². The highest BCUT2D eigenvalue weighted by atomic mass is 16.5. The molecule has 0 aliphatic heterocycles. The van der Waals surface area contributed by atoms with Gasteiger partial charge >= 0.3 is 0 Å². The molecular weight excluding hydrogens is 314 g/mol. The summed E-state index contributed by atoms with van der Waals surface area (Å²) in [5.74, 6) is 1.89. The second kappa shape index (κ2) is 7.53. The van der Waals surface area contributed by atoms with Crippen LogP contribution in [0.15, 0.2) is 72.8 Å². The van der Waals surface area contributed by atoms with Crippen LogP contribution in [-0.4, -0.2) is 5.78 Å². The first-order chi connectivity index (χ1) is 12.1. The molecule has 3 aromatic carbocycles. The first-order valence-corrected chi connectivity index (χ1v) is 7.97. The van der Waals surface area contributed by atoms with Crippen molar-refractivity contribution >= 4 is 11.5 Å². The summed E-state index contributed by atoms with van der Waals surface area (Å²) in [5, 5.41) is 0. The van der Waals surface area contributed by atoms with Crippen LogP contribution in [0.4, 0.5) is 5.69 Å². The summed E-state index contributed by atoms with van der Waals surface area (Å²) in [4.78, 5) is 11.4. The lowest BCUT2D eigenvalue weighted by molar-refractivity contribution is 0.101. The van der Waals surface area contributed by atoms with Crippen LogP contribution in [0.25, 0.3) is 0 Å². The van der Waals surface area contributed by atoms with Crippen LogP contribution < -0.4 is 15.2 Å². The maximum absolute atomic E-state index is 11.4. The van der Waals surface area contributed by atoms with Crippen molar-refractivity contribution < 1.29 is 14.3 Å². The van der Waals surface area contributed by atoms with E-state index in [0.717, 1.165) is 11.3 Å². The summed E-state index contributed by atoms with van der Waals surface area (Å²) in [6, 6.07) is 22.3. The molecule has 0 fully saturated rings. The molecular formula is C21H19NO3. The molecule has 0 amide bonds. The van der Waals surface area contributed by atoms with Gasteiger partial charge in [0.05, 0.1) is 5.69 Å². The zero-order valence-electron chi connectivity index (χ0n) is 13.9. The molecule has 0 bridgehead atoms. The van der Waals surface area contributed by atoms with Gasteiger partial charge in [-0.1, -0.05) is 30.3 Å². The van der Waals surface area contributed by atoms with Gasteiger partial charge in [-0.05, 0) is 55.0 Å². The fraction of sp³-hybridized carbons (Fsp3) is 0.0952. The summed E-state index contributed by atoms with van der Waals surface area (Å²) in [6.45, 7) is 2.02. The van der Waals surface area contributed by atoms with Gasteiger partial charge in [0.15, 0.2) is 5.78 Å². The Morgan fingerprint density at radius 1 is 0.920 bits per heavy atom. The minimum absolute atomic E-state index is 0.0295. The van der Waals surface area contributed by atoms with E-state index in [-0.39, 0.29) is 5.78 Å². The number of carbonyl (C=O) groups is 1. The standard InChI is InChI=1S/C21H19NO3/c1-15(23)17-7-12-21(20(22)13-17)25-19-10-8-18(9-11-19)24-14-16-5-3-2-4-6-16/h2-13H,14,22H2,1H3. The van der Waals surface area contributed by atoms with Crippen molar-refractivity contribution in [2.45, 2.75) is 13.5 Å². The van der Waals surface area contributed by atoms with E-state index in [1.54, 1.807) is 18.2 Å². The Kier molecular flexibility index (Phi) is 5.00. The molecule has 4 nitrogen and oxygen atoms in total. The molecule has 0 aliphatic rings. The molecule has 0 aromatic heterocycles. The van der Waals surface area contributed by atoms with E-state index >= 15 is 0 Å². The predicted molar refractivity (Wildman–Crippen MR) is 98.1 cm³/mol. The van der Waals surface area contributed by atoms with Gasteiger partial charge in [-0.3, -0.25) is 4.79 Å². The zero-order valence-corrected chi connectivity index (χ0v) is 13.9. The van der Waals surface area contributed by atoms with Crippen LogP contribution in [0.3, 0.4) is 0 Å². The number of rotatable bonds is 6. The number of carbonyl (C=O) groups excluding carboxylic acids is 1. The van der Waals surface area contributed by atoms with Crippen molar-refractivity contribution in [2.24, 2.45) is 0 Å². The molecule has 0 unspecified atom stereocenters. The van der Waals surface area contributed by atoms with E-state index in [4.69, 9.17) is 15.2 Å². The van der Waals surface area contributed by atoms with Crippen LogP contribution in [0.5, 0.6) is 17.2 Å². The van der Waals surface area contributed by atoms with Gasteiger partial charge < -0.3 is 15.2 Å². The van der Waals surface area contributed by atoms with Crippen LogP contribution in [0.2, 0.25) is 0 Å². The minimum atomic E-state index is -0.0295. The van der Waals surface area contributed by atoms with Gasteiger partial charge in [0.2, 0.25) is 0 Å². The van der Waals surface area contributed by atoms with E-state index in [2.05, 4.69) is 0 Å². The van der Waals surface area contributed by atoms with Gasteiger partial charge in [0.25, 0.3) is 0 Å². The molecule has 3 aromatic rings. The molecule has 25 heavy (non-hydrogen) atoms. The Bertz CT molecular complexity index is 858. The largest absolute Gasteiger partial charge is 0.489 e. The van der Waals surface area contributed by atoms with Crippen molar-refractivity contribution in [3.8, 4) is 17.2 Å². The molecule has 0 aliphatic carbocycles. The Morgan fingerprint density at radius 3 is 2.24 bits per heavy atom. The number of hydrogen-bond donors (Lipinski definition) is 1. The SMILES string of the molecule is CC(=O)c1ccc(Oc2ccc(OCc3ccccc3)cc2)c(N)c1. The van der Waals surface area contributed by atoms with Crippen LogP contribution in [0.1, 0.15) is 22.8 Å². The van der Waals surface area contributed by atoms with Gasteiger partial charge in [-0.25, -0.2) is 0 Å². The highest BCUT2D eigenvalue weighted by molar-refractivity contribution is 5.95. The third-order valence-corrected chi connectivity index (χ3v) is 3.72. The Morgan fingerprint density at radius 2 is 1.60 bits per heavy atom. The Balaban J connectivity index is 1.63. The molecule has 3 rings (SSSR count). The van der Waals surface area contributed by atoms with Gasteiger partial charge in [-0.15, -0.1) is 0 Å². The third kappa shape index (κ3) is 4.38. The molecule has 4 heteroatoms. The smallest absolute Gasteiger partial charge is 0.159 e. The lowest BCUT2D eigenvalue weighted by Crippen LogP contribution is -1.97. The summed E-state index contributed by atoms with van der Waals surface area (Å²) >= 11 is 0. The van der Waals surface area contributed by atoms with Crippen molar-refractivity contribution in [3.63, 3.8) is 0 Å². The number of ether oxygens (including phenoxy) is 2. The number of ketones is 1. The number of nitrogen functional groups attached to an aromatic ring is 1. The van der Waals surface area contributed by atoms with Crippen LogP contribution in [0, 0.1) is 0 Å². The van der Waals surface area contributed by atoms with Crippen molar-refractivity contribution in [1.82, 2.24) is 0 Å². The maximum Gasteiger partial charge on any atom is 0.159 e. The number of anilines is 1. The number of benzene rings is 3. The summed E-state index contributed by atoms with van der Waals surface area (Å²) in [6.07, 6.45) is 0. The fourth-order valence-corrected chi connectivity index (χ4v) is 2.33. The lowest BCUT2D eigenvalue weighted by atomic mass is 10.1. The third-order valence-electron chi connectivity index (χ3n) is 3.72. The highest BCUT2D eigenvalue weighted by Crippen LogP contribution is 2.29. The quantitative estimate of drug-likeness (QED) is 0.518. The van der Waals surface area contributed by atoms with E-state index < -0.39 is 0 Å². The van der Waals surface area contributed by atoms with Gasteiger partial charge in [0, 0.05) is 5.56 Å². The number of nitrogens with two attached hydrogens (primary N) is 1. The number of Topliss-reactive ketones (excluding diaryl/α,β-unsaturated/α-hetero) is 1. The van der Waals surface area contributed by atoms with Gasteiger partial charge in [-0.2, -0.15) is 0 Å². The van der Waals surface area contributed by atoms with E-state index in [0.29, 0.717) is 29.4 Å².